The SMILES string of the molecule is COC(=O)/C(C#N)=N/Nc1ccc(S(=O)(=O)C(F)(F)F)cc1. The predicted octanol–water partition coefficient (Wildman–Crippen LogP) is 1.44. The molecule has 0 aliphatic carbocycles. The van der Waals surface area contributed by atoms with E-state index in [1.54, 1.807) is 0 Å². The Balaban J connectivity index is 2.99. The van der Waals surface area contributed by atoms with Crippen molar-refractivity contribution in [2.45, 2.75) is 10.4 Å². The first-order valence-corrected chi connectivity index (χ1v) is 6.85. The summed E-state index contributed by atoms with van der Waals surface area (Å²) >= 11 is 0. The highest BCUT2D eigenvalue weighted by Gasteiger charge is 2.46. The molecule has 0 heterocycles. The number of nitrogens with one attached hydrogen (secondary N) is 1. The van der Waals surface area contributed by atoms with Gasteiger partial charge in [0.15, 0.2) is 0 Å². The van der Waals surface area contributed by atoms with Gasteiger partial charge in [-0.15, -0.1) is 0 Å². The Morgan fingerprint density at radius 1 is 1.32 bits per heavy atom. The summed E-state index contributed by atoms with van der Waals surface area (Å²) in [6.07, 6.45) is 0. The van der Waals surface area contributed by atoms with Gasteiger partial charge >= 0.3 is 11.5 Å². The number of carbonyl (C=O) groups excluding carboxylic acids is 1. The number of nitrogens with zero attached hydrogens (tertiary/aromatic N) is 2. The first-order chi connectivity index (χ1) is 10.1. The number of rotatable bonds is 4. The molecule has 0 radical (unpaired) electrons. The fourth-order valence-electron chi connectivity index (χ4n) is 1.18. The van der Waals surface area contributed by atoms with Gasteiger partial charge in [0.05, 0.1) is 17.7 Å². The molecule has 0 unspecified atom stereocenters. The van der Waals surface area contributed by atoms with Gasteiger partial charge in [0, 0.05) is 0 Å². The minimum atomic E-state index is -5.44. The monoisotopic (exact) mass is 335 g/mol. The van der Waals surface area contributed by atoms with Crippen molar-refractivity contribution in [2.24, 2.45) is 5.10 Å². The average molecular weight is 335 g/mol. The number of halogens is 3. The van der Waals surface area contributed by atoms with Gasteiger partial charge < -0.3 is 4.74 Å². The third-order valence-corrected chi connectivity index (χ3v) is 3.75. The Morgan fingerprint density at radius 3 is 2.27 bits per heavy atom. The van der Waals surface area contributed by atoms with Crippen LogP contribution in [0.5, 0.6) is 0 Å². The zero-order chi connectivity index (χ0) is 17.0. The number of ether oxygens (including phenoxy) is 1. The van der Waals surface area contributed by atoms with Crippen molar-refractivity contribution in [1.29, 1.82) is 5.26 Å². The average Bonchev–Trinajstić information content (AvgIpc) is 2.46. The summed E-state index contributed by atoms with van der Waals surface area (Å²) < 4.78 is 63.5. The van der Waals surface area contributed by atoms with Crippen molar-refractivity contribution in [2.75, 3.05) is 12.5 Å². The Hall–Kier alpha value is -2.61. The number of esters is 1. The highest BCUT2D eigenvalue weighted by atomic mass is 32.2. The van der Waals surface area contributed by atoms with Crippen LogP contribution in [0.4, 0.5) is 18.9 Å². The highest BCUT2D eigenvalue weighted by Crippen LogP contribution is 2.30. The minimum Gasteiger partial charge on any atom is -0.464 e. The van der Waals surface area contributed by atoms with Crippen LogP contribution in [0.1, 0.15) is 0 Å². The van der Waals surface area contributed by atoms with Crippen molar-refractivity contribution in [3.8, 4) is 6.07 Å². The quantitative estimate of drug-likeness (QED) is 0.507. The molecule has 1 N–H and O–H groups in total. The zero-order valence-electron chi connectivity index (χ0n) is 10.9. The maximum atomic E-state index is 12.3. The van der Waals surface area contributed by atoms with E-state index in [1.165, 1.54) is 6.07 Å². The molecule has 118 valence electrons. The molecule has 0 atom stereocenters. The number of hydrogen-bond donors (Lipinski definition) is 1. The van der Waals surface area contributed by atoms with Crippen molar-refractivity contribution in [3.63, 3.8) is 0 Å². The zero-order valence-corrected chi connectivity index (χ0v) is 11.7. The molecule has 22 heavy (non-hydrogen) atoms. The van der Waals surface area contributed by atoms with Gasteiger partial charge in [-0.1, -0.05) is 0 Å². The van der Waals surface area contributed by atoms with E-state index in [0.717, 1.165) is 19.2 Å². The number of nitriles is 1. The van der Waals surface area contributed by atoms with Crippen LogP contribution in [0.15, 0.2) is 34.3 Å². The van der Waals surface area contributed by atoms with E-state index in [-0.39, 0.29) is 5.69 Å². The topological polar surface area (TPSA) is 109 Å². The van der Waals surface area contributed by atoms with E-state index in [9.17, 15) is 26.4 Å². The first-order valence-electron chi connectivity index (χ1n) is 5.37. The van der Waals surface area contributed by atoms with Gasteiger partial charge in [-0.05, 0) is 24.3 Å². The second-order valence-corrected chi connectivity index (χ2v) is 5.59. The standard InChI is InChI=1S/C11H8F3N3O4S/c1-21-10(18)9(6-15)17-16-7-2-4-8(5-3-7)22(19,20)11(12,13)14/h2-5,16H,1H3/b17-9+. The fourth-order valence-corrected chi connectivity index (χ4v) is 1.94. The number of anilines is 1. The van der Waals surface area contributed by atoms with E-state index >= 15 is 0 Å². The smallest absolute Gasteiger partial charge is 0.464 e. The summed E-state index contributed by atoms with van der Waals surface area (Å²) in [5, 5.41) is 12.0. The number of methoxy groups -OCH3 is 1. The van der Waals surface area contributed by atoms with E-state index in [0.29, 0.717) is 12.1 Å². The molecule has 0 fully saturated rings. The minimum absolute atomic E-state index is 0.0674. The molecule has 0 saturated carbocycles. The molecule has 1 aromatic rings. The van der Waals surface area contributed by atoms with Crippen LogP contribution in [0.3, 0.4) is 0 Å². The number of carbonyl (C=O) groups is 1. The van der Waals surface area contributed by atoms with Crippen LogP contribution in [-0.4, -0.2) is 32.7 Å². The van der Waals surface area contributed by atoms with Gasteiger partial charge in [0.25, 0.3) is 9.84 Å². The second kappa shape index (κ2) is 6.44. The summed E-state index contributed by atoms with van der Waals surface area (Å²) in [6, 6.07) is 4.86. The van der Waals surface area contributed by atoms with E-state index < -0.39 is 31.9 Å². The summed E-state index contributed by atoms with van der Waals surface area (Å²) in [6.45, 7) is 0. The third-order valence-electron chi connectivity index (χ3n) is 2.25. The van der Waals surface area contributed by atoms with Crippen LogP contribution in [0, 0.1) is 11.3 Å². The highest BCUT2D eigenvalue weighted by molar-refractivity contribution is 7.92. The molecule has 0 spiro atoms. The number of hydrogen-bond acceptors (Lipinski definition) is 7. The summed E-state index contributed by atoms with van der Waals surface area (Å²) in [5.41, 5.74) is -3.74. The van der Waals surface area contributed by atoms with Crippen LogP contribution >= 0.6 is 0 Å². The lowest BCUT2D eigenvalue weighted by atomic mass is 10.3. The van der Waals surface area contributed by atoms with E-state index in [2.05, 4.69) is 15.3 Å². The maximum Gasteiger partial charge on any atom is 0.501 e. The largest absolute Gasteiger partial charge is 0.501 e. The Morgan fingerprint density at radius 2 is 1.86 bits per heavy atom. The number of hydrazone groups is 1. The molecular formula is C11H8F3N3O4S. The molecule has 7 nitrogen and oxygen atoms in total. The van der Waals surface area contributed by atoms with Gasteiger partial charge in [0.1, 0.15) is 6.07 Å². The van der Waals surface area contributed by atoms with Crippen molar-refractivity contribution in [1.82, 2.24) is 0 Å². The van der Waals surface area contributed by atoms with Crippen LogP contribution in [-0.2, 0) is 19.4 Å². The lowest BCUT2D eigenvalue weighted by Crippen LogP contribution is -2.23. The molecule has 0 aliphatic rings. The predicted molar refractivity (Wildman–Crippen MR) is 68.4 cm³/mol. The maximum absolute atomic E-state index is 12.3. The number of sulfone groups is 1. The van der Waals surface area contributed by atoms with E-state index in [4.69, 9.17) is 5.26 Å². The van der Waals surface area contributed by atoms with Crippen molar-refractivity contribution in [3.05, 3.63) is 24.3 Å². The molecule has 0 amide bonds. The molecule has 1 rings (SSSR count). The molecular weight excluding hydrogens is 327 g/mol. The molecule has 0 aromatic heterocycles. The molecule has 0 saturated heterocycles. The Labute approximate surface area is 122 Å². The van der Waals surface area contributed by atoms with E-state index in [1.807, 2.05) is 0 Å². The van der Waals surface area contributed by atoms with Crippen LogP contribution in [0.25, 0.3) is 0 Å². The summed E-state index contributed by atoms with van der Waals surface area (Å²) in [5.74, 6) is -1.01. The van der Waals surface area contributed by atoms with Crippen LogP contribution in [0.2, 0.25) is 0 Å². The third kappa shape index (κ3) is 3.73. The summed E-state index contributed by atoms with van der Waals surface area (Å²) in [4.78, 5) is 10.1. The van der Waals surface area contributed by atoms with Crippen molar-refractivity contribution < 1.29 is 31.1 Å². The molecule has 1 aromatic carbocycles. The normalized spacial score (nSPS) is 12.4. The van der Waals surface area contributed by atoms with Gasteiger partial charge in [-0.3, -0.25) is 5.43 Å². The molecule has 0 bridgehead atoms. The Kier molecular flexibility index (Phi) is 5.10. The van der Waals surface area contributed by atoms with Crippen LogP contribution < -0.4 is 5.43 Å². The van der Waals surface area contributed by atoms with Gasteiger partial charge in [-0.25, -0.2) is 13.2 Å². The Bertz CT molecular complexity index is 733. The fraction of sp³-hybridized carbons (Fsp3) is 0.182. The molecule has 0 aliphatic heterocycles. The van der Waals surface area contributed by atoms with Gasteiger partial charge in [-0.2, -0.15) is 23.5 Å². The number of benzene rings is 1. The number of alkyl halides is 3. The summed E-state index contributed by atoms with van der Waals surface area (Å²) in [7, 11) is -4.40. The first kappa shape index (κ1) is 17.4. The van der Waals surface area contributed by atoms with Crippen molar-refractivity contribution >= 4 is 27.2 Å². The second-order valence-electron chi connectivity index (χ2n) is 3.65. The van der Waals surface area contributed by atoms with Gasteiger partial charge in [0.2, 0.25) is 5.71 Å². The molecule has 11 heteroatoms. The lowest BCUT2D eigenvalue weighted by Gasteiger charge is -2.08. The lowest BCUT2D eigenvalue weighted by molar-refractivity contribution is -0.132.